The highest BCUT2D eigenvalue weighted by Crippen LogP contribution is 2.20. The molecule has 0 bridgehead atoms. The normalized spacial score (nSPS) is 12.0. The molecule has 0 unspecified atom stereocenters. The van der Waals surface area contributed by atoms with Gasteiger partial charge in [0.1, 0.15) is 12.4 Å². The first-order valence-corrected chi connectivity index (χ1v) is 5.55. The van der Waals surface area contributed by atoms with Crippen molar-refractivity contribution in [1.82, 2.24) is 14.3 Å². The second-order valence-corrected chi connectivity index (χ2v) is 4.06. The highest BCUT2D eigenvalue weighted by Gasteiger charge is 2.28. The van der Waals surface area contributed by atoms with Gasteiger partial charge in [0.25, 0.3) is 5.82 Å². The zero-order valence-electron chi connectivity index (χ0n) is 9.93. The minimum atomic E-state index is -4.12. The molecule has 0 radical (unpaired) electrons. The van der Waals surface area contributed by atoms with Crippen LogP contribution in [-0.4, -0.2) is 20.5 Å². The van der Waals surface area contributed by atoms with E-state index in [0.717, 1.165) is 5.82 Å². The van der Waals surface area contributed by atoms with E-state index in [2.05, 4.69) is 5.10 Å². The van der Waals surface area contributed by atoms with Gasteiger partial charge in [-0.2, -0.15) is 18.3 Å². The summed E-state index contributed by atoms with van der Waals surface area (Å²) in [5.74, 6) is 0.773. The van der Waals surface area contributed by atoms with E-state index in [1.54, 1.807) is 47.0 Å². The SMILES string of the molecule is Cc1n(CCC(F)(F)F)cc[n+]1Cn1cccn1. The van der Waals surface area contributed by atoms with Crippen LogP contribution in [0.25, 0.3) is 0 Å². The number of imidazole rings is 1. The fraction of sp³-hybridized carbons (Fsp3) is 0.455. The van der Waals surface area contributed by atoms with Gasteiger partial charge >= 0.3 is 6.18 Å². The van der Waals surface area contributed by atoms with Gasteiger partial charge in [-0.05, 0) is 6.07 Å². The minimum absolute atomic E-state index is 0.0541. The molecule has 0 saturated carbocycles. The molecule has 0 N–H and O–H groups in total. The molecule has 0 fully saturated rings. The maximum absolute atomic E-state index is 12.2. The number of aryl methyl sites for hydroxylation is 1. The van der Waals surface area contributed by atoms with Gasteiger partial charge in [-0.15, -0.1) is 0 Å². The van der Waals surface area contributed by atoms with E-state index in [9.17, 15) is 13.2 Å². The molecule has 0 spiro atoms. The van der Waals surface area contributed by atoms with Crippen LogP contribution in [0.1, 0.15) is 12.2 Å². The highest BCUT2D eigenvalue weighted by atomic mass is 19.4. The van der Waals surface area contributed by atoms with Gasteiger partial charge in [0.15, 0.2) is 6.67 Å². The Kier molecular flexibility index (Phi) is 3.40. The lowest BCUT2D eigenvalue weighted by Crippen LogP contribution is -2.39. The molecule has 2 aromatic heterocycles. The molecule has 98 valence electrons. The van der Waals surface area contributed by atoms with Crippen LogP contribution in [0, 0.1) is 6.92 Å². The van der Waals surface area contributed by atoms with Gasteiger partial charge in [-0.1, -0.05) is 0 Å². The smallest absolute Gasteiger partial charge is 0.234 e. The van der Waals surface area contributed by atoms with Crippen LogP contribution in [0.3, 0.4) is 0 Å². The second kappa shape index (κ2) is 4.83. The average molecular weight is 259 g/mol. The molecule has 7 heteroatoms. The van der Waals surface area contributed by atoms with Gasteiger partial charge < -0.3 is 0 Å². The van der Waals surface area contributed by atoms with Gasteiger partial charge in [0.2, 0.25) is 0 Å². The number of hydrogen-bond donors (Lipinski definition) is 0. The summed E-state index contributed by atoms with van der Waals surface area (Å²) in [6.07, 6.45) is 1.95. The number of aromatic nitrogens is 4. The molecule has 0 amide bonds. The Balaban J connectivity index is 2.04. The highest BCUT2D eigenvalue weighted by molar-refractivity contribution is 4.81. The lowest BCUT2D eigenvalue weighted by atomic mass is 10.4. The van der Waals surface area contributed by atoms with Crippen LogP contribution in [0.2, 0.25) is 0 Å². The Labute approximate surface area is 102 Å². The summed E-state index contributed by atoms with van der Waals surface area (Å²) in [7, 11) is 0. The zero-order valence-corrected chi connectivity index (χ0v) is 9.93. The third-order valence-corrected chi connectivity index (χ3v) is 2.75. The van der Waals surface area contributed by atoms with E-state index in [0.29, 0.717) is 6.67 Å². The monoisotopic (exact) mass is 259 g/mol. The molecular formula is C11H14F3N4+. The molecule has 0 aliphatic rings. The van der Waals surface area contributed by atoms with Gasteiger partial charge in [-0.3, -0.25) is 0 Å². The van der Waals surface area contributed by atoms with Gasteiger partial charge in [0.05, 0.1) is 13.0 Å². The van der Waals surface area contributed by atoms with E-state index in [1.165, 1.54) is 0 Å². The molecule has 0 aliphatic carbocycles. The number of alkyl halides is 3. The molecule has 0 aliphatic heterocycles. The summed E-state index contributed by atoms with van der Waals surface area (Å²) < 4.78 is 41.6. The van der Waals surface area contributed by atoms with Gasteiger partial charge in [0, 0.05) is 19.3 Å². The molecule has 2 heterocycles. The summed E-state index contributed by atoms with van der Waals surface area (Å²) in [5.41, 5.74) is 0. The van der Waals surface area contributed by atoms with Crippen molar-refractivity contribution < 1.29 is 17.7 Å². The van der Waals surface area contributed by atoms with Crippen molar-refractivity contribution in [2.75, 3.05) is 0 Å². The third-order valence-electron chi connectivity index (χ3n) is 2.75. The Morgan fingerprint density at radius 2 is 2.11 bits per heavy atom. The van der Waals surface area contributed by atoms with Crippen molar-refractivity contribution in [1.29, 1.82) is 0 Å². The molecule has 0 atom stereocenters. The van der Waals surface area contributed by atoms with E-state index < -0.39 is 12.6 Å². The maximum atomic E-state index is 12.2. The molecule has 18 heavy (non-hydrogen) atoms. The molecule has 0 aromatic carbocycles. The standard InChI is InChI=1S/C11H14F3N4/c1-10-16(6-3-11(12,13)14)7-8-17(10)9-18-5-2-4-15-18/h2,4-5,7-8H,3,6,9H2,1H3/q+1. The van der Waals surface area contributed by atoms with Gasteiger partial charge in [-0.25, -0.2) is 13.8 Å². The average Bonchev–Trinajstić information content (AvgIpc) is 2.88. The van der Waals surface area contributed by atoms with E-state index >= 15 is 0 Å². The topological polar surface area (TPSA) is 26.6 Å². The molecule has 2 aromatic rings. The number of halogens is 3. The lowest BCUT2D eigenvalue weighted by Gasteiger charge is -2.05. The first-order valence-electron chi connectivity index (χ1n) is 5.55. The number of rotatable bonds is 4. The first kappa shape index (κ1) is 12.7. The van der Waals surface area contributed by atoms with Crippen LogP contribution >= 0.6 is 0 Å². The summed E-state index contributed by atoms with van der Waals surface area (Å²) in [6.45, 7) is 2.24. The van der Waals surface area contributed by atoms with E-state index in [4.69, 9.17) is 0 Å². The fourth-order valence-electron chi connectivity index (χ4n) is 1.71. The quantitative estimate of drug-likeness (QED) is 0.768. The summed E-state index contributed by atoms with van der Waals surface area (Å²) in [5, 5.41) is 4.05. The number of hydrogen-bond acceptors (Lipinski definition) is 1. The first-order chi connectivity index (χ1) is 8.46. The van der Waals surface area contributed by atoms with Crippen molar-refractivity contribution in [2.45, 2.75) is 32.7 Å². The van der Waals surface area contributed by atoms with Crippen molar-refractivity contribution in [3.63, 3.8) is 0 Å². The van der Waals surface area contributed by atoms with E-state index in [-0.39, 0.29) is 6.54 Å². The molecule has 2 rings (SSSR count). The van der Waals surface area contributed by atoms with E-state index in [1.807, 2.05) is 4.57 Å². The predicted molar refractivity (Wildman–Crippen MR) is 57.7 cm³/mol. The second-order valence-electron chi connectivity index (χ2n) is 4.06. The van der Waals surface area contributed by atoms with Crippen LogP contribution in [0.4, 0.5) is 13.2 Å². The third kappa shape index (κ3) is 3.12. The Morgan fingerprint density at radius 3 is 2.72 bits per heavy atom. The molecular weight excluding hydrogens is 245 g/mol. The van der Waals surface area contributed by atoms with Crippen LogP contribution < -0.4 is 4.57 Å². The summed E-state index contributed by atoms with van der Waals surface area (Å²) >= 11 is 0. The van der Waals surface area contributed by atoms with Crippen LogP contribution in [0.5, 0.6) is 0 Å². The lowest BCUT2D eigenvalue weighted by molar-refractivity contribution is -0.708. The summed E-state index contributed by atoms with van der Waals surface area (Å²) in [4.78, 5) is 0. The van der Waals surface area contributed by atoms with Crippen molar-refractivity contribution in [3.8, 4) is 0 Å². The summed E-state index contributed by atoms with van der Waals surface area (Å²) in [6, 6.07) is 1.80. The van der Waals surface area contributed by atoms with Crippen LogP contribution in [0.15, 0.2) is 30.9 Å². The minimum Gasteiger partial charge on any atom is -0.234 e. The zero-order chi connectivity index (χ0) is 13.2. The predicted octanol–water partition coefficient (Wildman–Crippen LogP) is 1.74. The van der Waals surface area contributed by atoms with Crippen molar-refractivity contribution in [2.24, 2.45) is 0 Å². The fourth-order valence-corrected chi connectivity index (χ4v) is 1.71. The Morgan fingerprint density at radius 1 is 1.33 bits per heavy atom. The Bertz CT molecular complexity index is 499. The molecule has 0 saturated heterocycles. The molecule has 4 nitrogen and oxygen atoms in total. The number of nitrogens with zero attached hydrogens (tertiary/aromatic N) is 4. The Hall–Kier alpha value is -1.79. The maximum Gasteiger partial charge on any atom is 0.392 e. The largest absolute Gasteiger partial charge is 0.392 e. The van der Waals surface area contributed by atoms with Crippen LogP contribution in [-0.2, 0) is 13.2 Å². The van der Waals surface area contributed by atoms with Crippen molar-refractivity contribution >= 4 is 0 Å². The van der Waals surface area contributed by atoms with Crippen molar-refractivity contribution in [3.05, 3.63) is 36.7 Å².